The first kappa shape index (κ1) is 28.3. The number of hydrogen-bond acceptors (Lipinski definition) is 1. The van der Waals surface area contributed by atoms with Crippen molar-refractivity contribution in [3.8, 4) is 22.5 Å². The van der Waals surface area contributed by atoms with Crippen LogP contribution in [-0.4, -0.2) is 15.2 Å². The Morgan fingerprint density at radius 3 is 1.90 bits per heavy atom. The Kier molecular flexibility index (Phi) is 6.08. The van der Waals surface area contributed by atoms with Gasteiger partial charge in [-0.15, -0.1) is 0 Å². The highest BCUT2D eigenvalue weighted by Gasteiger charge is 2.38. The van der Waals surface area contributed by atoms with E-state index in [4.69, 9.17) is 0 Å². The number of anilines is 2. The predicted octanol–water partition coefficient (Wildman–Crippen LogP) is 12.3. The molecule has 11 rings (SSSR count). The number of fused-ring (bicyclic) bond motifs is 9. The summed E-state index contributed by atoms with van der Waals surface area (Å²) in [6.45, 7) is 0. The van der Waals surface area contributed by atoms with Gasteiger partial charge in [0.25, 0.3) is 0 Å². The van der Waals surface area contributed by atoms with Gasteiger partial charge in [-0.25, -0.2) is 0 Å². The van der Waals surface area contributed by atoms with Gasteiger partial charge in [0.1, 0.15) is 0 Å². The van der Waals surface area contributed by atoms with Crippen LogP contribution in [0.1, 0.15) is 11.5 Å². The highest BCUT2D eigenvalue weighted by molar-refractivity contribution is 6.15. The minimum Gasteiger partial charge on any atom is -0.332 e. The molecule has 0 amide bonds. The largest absolute Gasteiger partial charge is 0.332 e. The van der Waals surface area contributed by atoms with Crippen LogP contribution in [0.4, 0.5) is 11.4 Å². The lowest BCUT2D eigenvalue weighted by Gasteiger charge is -2.30. The van der Waals surface area contributed by atoms with E-state index in [0.29, 0.717) is 5.92 Å². The van der Waals surface area contributed by atoms with Crippen LogP contribution in [0.3, 0.4) is 0 Å². The van der Waals surface area contributed by atoms with Crippen LogP contribution < -0.4 is 4.90 Å². The van der Waals surface area contributed by atoms with Gasteiger partial charge in [0.2, 0.25) is 0 Å². The fourth-order valence-electron chi connectivity index (χ4n) is 8.92. The van der Waals surface area contributed by atoms with E-state index < -0.39 is 0 Å². The zero-order chi connectivity index (χ0) is 33.5. The molecule has 0 bridgehead atoms. The van der Waals surface area contributed by atoms with Crippen molar-refractivity contribution >= 4 is 55.0 Å². The van der Waals surface area contributed by atoms with E-state index in [1.165, 1.54) is 77.4 Å². The summed E-state index contributed by atoms with van der Waals surface area (Å²) < 4.78 is 4.97. The topological polar surface area (TPSA) is 13.1 Å². The summed E-state index contributed by atoms with van der Waals surface area (Å²) in [6, 6.07) is 60.2. The van der Waals surface area contributed by atoms with Gasteiger partial charge < -0.3 is 14.0 Å². The van der Waals surface area contributed by atoms with E-state index in [0.717, 1.165) is 5.69 Å². The standard InChI is InChI=1S/C48H33N3/c1-2-15-32(16-3-1)34-17-4-9-23-41(34)51-45-27-13-7-20-37(45)39-30-29-33(31-47(39)51)49-42-24-10-8-21-38(42)40-22-14-28-46(48(40)49)50-43-25-11-5-18-35(43)36-19-6-12-26-44(36)50/h1-31,35,43H. The quantitative estimate of drug-likeness (QED) is 0.185. The normalized spacial score (nSPS) is 16.4. The van der Waals surface area contributed by atoms with Gasteiger partial charge in [0, 0.05) is 44.4 Å². The van der Waals surface area contributed by atoms with Gasteiger partial charge in [-0.3, -0.25) is 0 Å². The molecular weight excluding hydrogens is 619 g/mol. The fraction of sp³-hybridized carbons (Fsp3) is 0.0417. The number of benzene rings is 7. The Bertz CT molecular complexity index is 2890. The Morgan fingerprint density at radius 1 is 0.412 bits per heavy atom. The maximum Gasteiger partial charge on any atom is 0.0779 e. The minimum absolute atomic E-state index is 0.212. The van der Waals surface area contributed by atoms with Crippen molar-refractivity contribution in [1.82, 2.24) is 9.13 Å². The Balaban J connectivity index is 1.21. The lowest BCUT2D eigenvalue weighted by atomic mass is 9.91. The smallest absolute Gasteiger partial charge is 0.0779 e. The second-order valence-electron chi connectivity index (χ2n) is 13.7. The summed E-state index contributed by atoms with van der Waals surface area (Å²) in [6.07, 6.45) is 9.13. The molecule has 2 atom stereocenters. The number of allylic oxidation sites excluding steroid dienone is 2. The molecule has 51 heavy (non-hydrogen) atoms. The second-order valence-corrected chi connectivity index (χ2v) is 13.7. The number of nitrogens with zero attached hydrogens (tertiary/aromatic N) is 3. The van der Waals surface area contributed by atoms with Crippen molar-refractivity contribution in [2.75, 3.05) is 4.90 Å². The molecule has 1 aliphatic heterocycles. The SMILES string of the molecule is C1=CC2c3ccccc3N(c3cccc4c5ccccc5n(-c5ccc6c7ccccc7n(-c7ccccc7-c7ccccc7)c6c5)c34)C2C=C1. The second kappa shape index (κ2) is 11.0. The molecule has 0 radical (unpaired) electrons. The predicted molar refractivity (Wildman–Crippen MR) is 214 cm³/mol. The van der Waals surface area contributed by atoms with Crippen LogP contribution in [0.25, 0.3) is 66.1 Å². The molecule has 240 valence electrons. The monoisotopic (exact) mass is 651 g/mol. The van der Waals surface area contributed by atoms with E-state index >= 15 is 0 Å². The minimum atomic E-state index is 0.212. The average molecular weight is 652 g/mol. The van der Waals surface area contributed by atoms with Crippen molar-refractivity contribution in [3.05, 3.63) is 194 Å². The van der Waals surface area contributed by atoms with Gasteiger partial charge in [0.15, 0.2) is 0 Å². The third kappa shape index (κ3) is 4.06. The molecule has 0 spiro atoms. The molecule has 0 saturated carbocycles. The molecular formula is C48H33N3. The lowest BCUT2D eigenvalue weighted by molar-refractivity contribution is 0.745. The number of hydrogen-bond donors (Lipinski definition) is 0. The van der Waals surface area contributed by atoms with Gasteiger partial charge in [-0.2, -0.15) is 0 Å². The Hall–Kier alpha value is -6.58. The van der Waals surface area contributed by atoms with Gasteiger partial charge in [-0.05, 0) is 53.6 Å². The first-order chi connectivity index (χ1) is 25.3. The van der Waals surface area contributed by atoms with Crippen LogP contribution in [0.15, 0.2) is 188 Å². The fourth-order valence-corrected chi connectivity index (χ4v) is 8.92. The van der Waals surface area contributed by atoms with E-state index in [1.807, 2.05) is 0 Å². The molecule has 3 heterocycles. The molecule has 2 aliphatic rings. The molecule has 0 saturated heterocycles. The Labute approximate surface area is 296 Å². The van der Waals surface area contributed by atoms with E-state index in [9.17, 15) is 0 Å². The van der Waals surface area contributed by atoms with E-state index in [-0.39, 0.29) is 6.04 Å². The van der Waals surface area contributed by atoms with Crippen LogP contribution >= 0.6 is 0 Å². The van der Waals surface area contributed by atoms with Crippen molar-refractivity contribution in [3.63, 3.8) is 0 Å². The highest BCUT2D eigenvalue weighted by atomic mass is 15.2. The van der Waals surface area contributed by atoms with Gasteiger partial charge >= 0.3 is 0 Å². The first-order valence-corrected chi connectivity index (χ1v) is 17.8. The summed E-state index contributed by atoms with van der Waals surface area (Å²) in [4.78, 5) is 2.57. The zero-order valence-corrected chi connectivity index (χ0v) is 27.9. The van der Waals surface area contributed by atoms with E-state index in [1.54, 1.807) is 0 Å². The van der Waals surface area contributed by atoms with Crippen LogP contribution in [0, 0.1) is 0 Å². The number of aromatic nitrogens is 2. The van der Waals surface area contributed by atoms with Crippen LogP contribution in [0.2, 0.25) is 0 Å². The van der Waals surface area contributed by atoms with Crippen LogP contribution in [-0.2, 0) is 0 Å². The highest BCUT2D eigenvalue weighted by Crippen LogP contribution is 2.50. The summed E-state index contributed by atoms with van der Waals surface area (Å²) in [5.74, 6) is 0.316. The van der Waals surface area contributed by atoms with Gasteiger partial charge in [-0.1, -0.05) is 146 Å². The molecule has 3 heteroatoms. The lowest BCUT2D eigenvalue weighted by Crippen LogP contribution is -2.28. The molecule has 2 unspecified atom stereocenters. The number of rotatable bonds is 4. The zero-order valence-electron chi connectivity index (χ0n) is 27.9. The van der Waals surface area contributed by atoms with Crippen LogP contribution in [0.5, 0.6) is 0 Å². The van der Waals surface area contributed by atoms with E-state index in [2.05, 4.69) is 202 Å². The van der Waals surface area contributed by atoms with Crippen molar-refractivity contribution in [2.45, 2.75) is 12.0 Å². The molecule has 7 aromatic carbocycles. The molecule has 2 aromatic heterocycles. The Morgan fingerprint density at radius 2 is 1.04 bits per heavy atom. The average Bonchev–Trinajstić information content (AvgIpc) is 3.84. The third-order valence-corrected chi connectivity index (χ3v) is 11.0. The third-order valence-electron chi connectivity index (χ3n) is 11.0. The van der Waals surface area contributed by atoms with Crippen molar-refractivity contribution in [2.24, 2.45) is 0 Å². The van der Waals surface area contributed by atoms with Gasteiger partial charge in [0.05, 0.1) is 39.5 Å². The maximum atomic E-state index is 2.57. The summed E-state index contributed by atoms with van der Waals surface area (Å²) in [5, 5.41) is 5.01. The summed E-state index contributed by atoms with van der Waals surface area (Å²) in [5.41, 5.74) is 13.4. The molecule has 3 nitrogen and oxygen atoms in total. The molecule has 9 aromatic rings. The summed E-state index contributed by atoms with van der Waals surface area (Å²) >= 11 is 0. The molecule has 1 aliphatic carbocycles. The maximum absolute atomic E-state index is 2.57. The molecule has 0 fully saturated rings. The van der Waals surface area contributed by atoms with Crippen molar-refractivity contribution < 1.29 is 0 Å². The first-order valence-electron chi connectivity index (χ1n) is 17.8. The summed E-state index contributed by atoms with van der Waals surface area (Å²) in [7, 11) is 0. The molecule has 0 N–H and O–H groups in total. The van der Waals surface area contributed by atoms with Crippen molar-refractivity contribution in [1.29, 1.82) is 0 Å². The number of para-hydroxylation sites is 5.